The maximum Gasteiger partial charge on any atom is 0.123 e. The second kappa shape index (κ2) is 6.04. The third-order valence-electron chi connectivity index (χ3n) is 3.28. The lowest BCUT2D eigenvalue weighted by molar-refractivity contribution is 0.262. The van der Waals surface area contributed by atoms with E-state index in [1.165, 1.54) is 6.07 Å². The van der Waals surface area contributed by atoms with Crippen molar-refractivity contribution < 1.29 is 4.39 Å². The van der Waals surface area contributed by atoms with Crippen LogP contribution in [0.1, 0.15) is 25.0 Å². The monoisotopic (exact) mass is 268 g/mol. The summed E-state index contributed by atoms with van der Waals surface area (Å²) in [5.41, 5.74) is 7.80. The minimum atomic E-state index is -0.172. The Morgan fingerprint density at radius 2 is 1.94 bits per heavy atom. The fourth-order valence-electron chi connectivity index (χ4n) is 2.60. The highest BCUT2D eigenvalue weighted by Crippen LogP contribution is 2.26. The summed E-state index contributed by atoms with van der Waals surface area (Å²) in [4.78, 5) is 2.40. The highest BCUT2D eigenvalue weighted by molar-refractivity contribution is 8.00. The lowest BCUT2D eigenvalue weighted by Gasteiger charge is -2.34. The van der Waals surface area contributed by atoms with Crippen LogP contribution in [0.3, 0.4) is 0 Å². The highest BCUT2D eigenvalue weighted by atomic mass is 32.2. The van der Waals surface area contributed by atoms with Gasteiger partial charge >= 0.3 is 0 Å². The molecule has 1 heterocycles. The van der Waals surface area contributed by atoms with Gasteiger partial charge in [0.2, 0.25) is 0 Å². The maximum absolute atomic E-state index is 13.3. The lowest BCUT2D eigenvalue weighted by Crippen LogP contribution is -2.40. The van der Waals surface area contributed by atoms with Gasteiger partial charge in [0.1, 0.15) is 5.82 Å². The molecule has 100 valence electrons. The van der Waals surface area contributed by atoms with Crippen molar-refractivity contribution in [2.45, 2.75) is 37.4 Å². The molecule has 0 aliphatic carbocycles. The lowest BCUT2D eigenvalue weighted by atomic mass is 10.1. The molecule has 4 heteroatoms. The minimum Gasteiger partial charge on any atom is -0.326 e. The molecule has 0 saturated carbocycles. The Morgan fingerprint density at radius 1 is 1.28 bits per heavy atom. The fourth-order valence-corrected chi connectivity index (χ4v) is 3.98. The molecular weight excluding hydrogens is 247 g/mol. The molecule has 2 atom stereocenters. The zero-order valence-electron chi connectivity index (χ0n) is 11.0. The average molecular weight is 268 g/mol. The molecule has 0 spiro atoms. The zero-order valence-corrected chi connectivity index (χ0v) is 11.8. The normalized spacial score (nSPS) is 25.3. The highest BCUT2D eigenvalue weighted by Gasteiger charge is 2.22. The van der Waals surface area contributed by atoms with Crippen molar-refractivity contribution in [1.29, 1.82) is 0 Å². The molecule has 0 amide bonds. The molecule has 0 radical (unpaired) electrons. The molecule has 1 aliphatic rings. The summed E-state index contributed by atoms with van der Waals surface area (Å²) in [7, 11) is 0. The van der Waals surface area contributed by atoms with Crippen molar-refractivity contribution >= 4 is 11.8 Å². The van der Waals surface area contributed by atoms with Crippen LogP contribution in [0.5, 0.6) is 0 Å². The van der Waals surface area contributed by atoms with E-state index < -0.39 is 0 Å². The fraction of sp³-hybridized carbons (Fsp3) is 0.571. The van der Waals surface area contributed by atoms with Gasteiger partial charge in [0.05, 0.1) is 0 Å². The number of hydrogen-bond acceptors (Lipinski definition) is 3. The van der Waals surface area contributed by atoms with Gasteiger partial charge in [-0.05, 0) is 23.3 Å². The standard InChI is InChI=1S/C14H21FN2S/c1-10-7-17(8-11(2)18-10)9-13-5-14(15)4-3-12(13)6-16/h3-5,10-11H,6-9,16H2,1-2H3. The van der Waals surface area contributed by atoms with Crippen molar-refractivity contribution in [2.24, 2.45) is 5.73 Å². The van der Waals surface area contributed by atoms with E-state index in [4.69, 9.17) is 5.73 Å². The molecule has 0 bridgehead atoms. The molecule has 1 aliphatic heterocycles. The third-order valence-corrected chi connectivity index (χ3v) is 4.50. The number of benzene rings is 1. The van der Waals surface area contributed by atoms with Crippen LogP contribution < -0.4 is 5.73 Å². The molecule has 0 aromatic heterocycles. The SMILES string of the molecule is CC1CN(Cc2cc(F)ccc2CN)CC(C)S1. The minimum absolute atomic E-state index is 0.172. The first-order valence-electron chi connectivity index (χ1n) is 6.43. The van der Waals surface area contributed by atoms with Gasteiger partial charge in [0.15, 0.2) is 0 Å². The van der Waals surface area contributed by atoms with Crippen molar-refractivity contribution in [3.05, 3.63) is 35.1 Å². The molecule has 2 N–H and O–H groups in total. The van der Waals surface area contributed by atoms with Crippen molar-refractivity contribution in [3.8, 4) is 0 Å². The summed E-state index contributed by atoms with van der Waals surface area (Å²) >= 11 is 2.03. The molecule has 18 heavy (non-hydrogen) atoms. The Balaban J connectivity index is 2.10. The Morgan fingerprint density at radius 3 is 2.56 bits per heavy atom. The van der Waals surface area contributed by atoms with Gasteiger partial charge in [-0.3, -0.25) is 4.90 Å². The van der Waals surface area contributed by atoms with Gasteiger partial charge in [-0.2, -0.15) is 11.8 Å². The summed E-state index contributed by atoms with van der Waals surface area (Å²) in [6.45, 7) is 7.92. The number of nitrogens with zero attached hydrogens (tertiary/aromatic N) is 1. The topological polar surface area (TPSA) is 29.3 Å². The van der Waals surface area contributed by atoms with Gasteiger partial charge in [-0.25, -0.2) is 4.39 Å². The molecule has 1 aromatic carbocycles. The largest absolute Gasteiger partial charge is 0.326 e. The average Bonchev–Trinajstić information content (AvgIpc) is 2.27. The molecule has 1 saturated heterocycles. The van der Waals surface area contributed by atoms with Crippen LogP contribution in [-0.4, -0.2) is 28.5 Å². The van der Waals surface area contributed by atoms with Crippen LogP contribution in [-0.2, 0) is 13.1 Å². The second-order valence-electron chi connectivity index (χ2n) is 5.07. The Bertz CT molecular complexity index is 401. The Labute approximate surface area is 113 Å². The van der Waals surface area contributed by atoms with Gasteiger partial charge in [-0.1, -0.05) is 19.9 Å². The van der Waals surface area contributed by atoms with Crippen LogP contribution in [0.4, 0.5) is 4.39 Å². The van der Waals surface area contributed by atoms with E-state index in [0.29, 0.717) is 17.0 Å². The number of rotatable bonds is 3. The maximum atomic E-state index is 13.3. The first-order chi connectivity index (χ1) is 8.58. The van der Waals surface area contributed by atoms with Crippen molar-refractivity contribution in [3.63, 3.8) is 0 Å². The van der Waals surface area contributed by atoms with E-state index >= 15 is 0 Å². The van der Waals surface area contributed by atoms with Gasteiger partial charge in [0.25, 0.3) is 0 Å². The van der Waals surface area contributed by atoms with Crippen LogP contribution in [0.15, 0.2) is 18.2 Å². The van der Waals surface area contributed by atoms with Crippen LogP contribution in [0, 0.1) is 5.82 Å². The van der Waals surface area contributed by atoms with Gasteiger partial charge in [-0.15, -0.1) is 0 Å². The number of hydrogen-bond donors (Lipinski definition) is 1. The van der Waals surface area contributed by atoms with E-state index in [-0.39, 0.29) is 5.82 Å². The number of halogens is 1. The molecular formula is C14H21FN2S. The number of nitrogens with two attached hydrogens (primary N) is 1. The molecule has 2 unspecified atom stereocenters. The predicted molar refractivity (Wildman–Crippen MR) is 76.1 cm³/mol. The predicted octanol–water partition coefficient (Wildman–Crippen LogP) is 2.61. The van der Waals surface area contributed by atoms with E-state index in [9.17, 15) is 4.39 Å². The third kappa shape index (κ3) is 3.46. The molecule has 2 nitrogen and oxygen atoms in total. The summed E-state index contributed by atoms with van der Waals surface area (Å²) in [5, 5.41) is 1.28. The summed E-state index contributed by atoms with van der Waals surface area (Å²) < 4.78 is 13.3. The summed E-state index contributed by atoms with van der Waals surface area (Å²) in [6, 6.07) is 4.92. The molecule has 1 aromatic rings. The van der Waals surface area contributed by atoms with E-state index in [2.05, 4.69) is 18.7 Å². The second-order valence-corrected chi connectivity index (χ2v) is 6.95. The van der Waals surface area contributed by atoms with E-state index in [1.807, 2.05) is 11.8 Å². The summed E-state index contributed by atoms with van der Waals surface area (Å²) in [6.07, 6.45) is 0. The Kier molecular flexibility index (Phi) is 4.65. The van der Waals surface area contributed by atoms with E-state index in [1.54, 1.807) is 12.1 Å². The molecule has 1 fully saturated rings. The molecule has 2 rings (SSSR count). The van der Waals surface area contributed by atoms with E-state index in [0.717, 1.165) is 30.8 Å². The smallest absolute Gasteiger partial charge is 0.123 e. The first-order valence-corrected chi connectivity index (χ1v) is 7.38. The van der Waals surface area contributed by atoms with Crippen LogP contribution in [0.2, 0.25) is 0 Å². The van der Waals surface area contributed by atoms with Crippen molar-refractivity contribution in [1.82, 2.24) is 4.90 Å². The first kappa shape index (κ1) is 13.8. The van der Waals surface area contributed by atoms with Gasteiger partial charge in [0, 0.05) is 36.7 Å². The number of thioether (sulfide) groups is 1. The van der Waals surface area contributed by atoms with Crippen LogP contribution >= 0.6 is 11.8 Å². The summed E-state index contributed by atoms with van der Waals surface area (Å²) in [5.74, 6) is -0.172. The van der Waals surface area contributed by atoms with Gasteiger partial charge < -0.3 is 5.73 Å². The zero-order chi connectivity index (χ0) is 13.1. The van der Waals surface area contributed by atoms with Crippen molar-refractivity contribution in [2.75, 3.05) is 13.1 Å². The quantitative estimate of drug-likeness (QED) is 0.913. The Hall–Kier alpha value is -0.580. The van der Waals surface area contributed by atoms with Crippen LogP contribution in [0.25, 0.3) is 0 Å².